The fraction of sp³-hybridized carbons (Fsp3) is 0.133. The smallest absolute Gasteiger partial charge is 0.416 e. The molecular formula is C30H26F3N3O4. The van der Waals surface area contributed by atoms with Crippen LogP contribution in [-0.4, -0.2) is 31.6 Å². The first-order valence-corrected chi connectivity index (χ1v) is 12.3. The minimum Gasteiger partial charge on any atom is -0.490 e. The van der Waals surface area contributed by atoms with Crippen LogP contribution in [0.25, 0.3) is 0 Å². The maximum absolute atomic E-state index is 13.0. The molecule has 3 N–H and O–H groups in total. The van der Waals surface area contributed by atoms with E-state index in [9.17, 15) is 22.8 Å². The van der Waals surface area contributed by atoms with Gasteiger partial charge in [-0.3, -0.25) is 9.59 Å². The number of nitrogens with one attached hydrogen (secondary N) is 3. The van der Waals surface area contributed by atoms with Gasteiger partial charge in [0.05, 0.1) is 17.8 Å². The second-order valence-corrected chi connectivity index (χ2v) is 8.52. The normalized spacial score (nSPS) is 10.9. The Hall–Kier alpha value is -4.99. The van der Waals surface area contributed by atoms with Crippen molar-refractivity contribution in [3.05, 3.63) is 114 Å². The van der Waals surface area contributed by atoms with Crippen LogP contribution in [0.1, 0.15) is 15.9 Å². The number of carbonyl (C=O) groups excluding carboxylic acids is 2. The van der Waals surface area contributed by atoms with Crippen LogP contribution in [0.2, 0.25) is 0 Å². The third kappa shape index (κ3) is 8.26. The molecule has 2 amide bonds. The first kappa shape index (κ1) is 28.0. The van der Waals surface area contributed by atoms with E-state index < -0.39 is 17.6 Å². The van der Waals surface area contributed by atoms with Crippen molar-refractivity contribution < 1.29 is 32.2 Å². The van der Waals surface area contributed by atoms with Crippen LogP contribution in [0, 0.1) is 0 Å². The van der Waals surface area contributed by atoms with Gasteiger partial charge in [0.25, 0.3) is 5.91 Å². The lowest BCUT2D eigenvalue weighted by atomic mass is 10.1. The van der Waals surface area contributed by atoms with Gasteiger partial charge >= 0.3 is 6.18 Å². The molecule has 0 aliphatic heterocycles. The predicted octanol–water partition coefficient (Wildman–Crippen LogP) is 6.47. The first-order valence-electron chi connectivity index (χ1n) is 12.3. The van der Waals surface area contributed by atoms with Gasteiger partial charge in [0.2, 0.25) is 5.91 Å². The van der Waals surface area contributed by atoms with Crippen LogP contribution >= 0.6 is 0 Å². The zero-order valence-electron chi connectivity index (χ0n) is 21.2. The average Bonchev–Trinajstić information content (AvgIpc) is 2.95. The fourth-order valence-electron chi connectivity index (χ4n) is 3.65. The molecule has 0 aromatic heterocycles. The number of carbonyl (C=O) groups is 2. The number of benzene rings is 4. The number of halogens is 3. The topological polar surface area (TPSA) is 88.7 Å². The summed E-state index contributed by atoms with van der Waals surface area (Å²) in [7, 11) is 0. The molecular weight excluding hydrogens is 523 g/mol. The van der Waals surface area contributed by atoms with E-state index in [-0.39, 0.29) is 30.3 Å². The summed E-state index contributed by atoms with van der Waals surface area (Å²) in [5.74, 6) is 0.280. The number of hydrogen-bond acceptors (Lipinski definition) is 5. The van der Waals surface area contributed by atoms with Crippen molar-refractivity contribution in [2.45, 2.75) is 6.18 Å². The Balaban J connectivity index is 1.28. The molecule has 0 fully saturated rings. The average molecular weight is 550 g/mol. The lowest BCUT2D eigenvalue weighted by Gasteiger charge is -2.14. The van der Waals surface area contributed by atoms with Gasteiger partial charge in [-0.05, 0) is 60.7 Å². The van der Waals surface area contributed by atoms with Crippen molar-refractivity contribution in [3.63, 3.8) is 0 Å². The summed E-state index contributed by atoms with van der Waals surface area (Å²) in [5.41, 5.74) is 0.334. The quantitative estimate of drug-likeness (QED) is 0.187. The molecule has 0 aliphatic carbocycles. The van der Waals surface area contributed by atoms with Crippen LogP contribution in [0.15, 0.2) is 103 Å². The largest absolute Gasteiger partial charge is 0.490 e. The second-order valence-electron chi connectivity index (χ2n) is 8.52. The highest BCUT2D eigenvalue weighted by Gasteiger charge is 2.30. The molecule has 0 bridgehead atoms. The van der Waals surface area contributed by atoms with E-state index in [1.54, 1.807) is 36.4 Å². The molecule has 4 aromatic rings. The van der Waals surface area contributed by atoms with E-state index in [1.807, 2.05) is 30.3 Å². The summed E-state index contributed by atoms with van der Waals surface area (Å²) in [6, 6.07) is 27.0. The molecule has 4 rings (SSSR count). The summed E-state index contributed by atoms with van der Waals surface area (Å²) in [5, 5.41) is 8.19. The van der Waals surface area contributed by atoms with E-state index in [0.29, 0.717) is 23.7 Å². The number of amides is 2. The Bertz CT molecular complexity index is 1450. The van der Waals surface area contributed by atoms with Crippen molar-refractivity contribution >= 4 is 28.9 Å². The molecule has 0 saturated heterocycles. The third-order valence-corrected chi connectivity index (χ3v) is 5.54. The SMILES string of the molecule is O=C(CNc1cccc(C(=O)Nc2cccc(C(F)(F)F)c2)c1)Nc1ccccc1OCCOc1ccccc1. The summed E-state index contributed by atoms with van der Waals surface area (Å²) in [6.45, 7) is 0.491. The molecule has 0 atom stereocenters. The van der Waals surface area contributed by atoms with E-state index in [2.05, 4.69) is 16.0 Å². The molecule has 0 aliphatic rings. The van der Waals surface area contributed by atoms with Crippen LogP contribution in [-0.2, 0) is 11.0 Å². The van der Waals surface area contributed by atoms with Crippen LogP contribution in [0.4, 0.5) is 30.2 Å². The standard InChI is InChI=1S/C30H26F3N3O4/c31-30(32,33)22-9-7-11-24(19-22)35-29(38)21-8-6-10-23(18-21)34-20-28(37)36-26-14-4-5-15-27(26)40-17-16-39-25-12-2-1-3-13-25/h1-15,18-19,34H,16-17,20H2,(H,35,38)(H,36,37). The Morgan fingerprint density at radius 2 is 1.40 bits per heavy atom. The summed E-state index contributed by atoms with van der Waals surface area (Å²) in [6.07, 6.45) is -4.52. The Labute approximate surface area is 228 Å². The molecule has 10 heteroatoms. The highest BCUT2D eigenvalue weighted by molar-refractivity contribution is 6.05. The maximum Gasteiger partial charge on any atom is 0.416 e. The fourth-order valence-corrected chi connectivity index (χ4v) is 3.65. The van der Waals surface area contributed by atoms with Gasteiger partial charge in [0, 0.05) is 16.9 Å². The van der Waals surface area contributed by atoms with E-state index in [0.717, 1.165) is 17.9 Å². The van der Waals surface area contributed by atoms with Gasteiger partial charge in [-0.2, -0.15) is 13.2 Å². The van der Waals surface area contributed by atoms with Crippen molar-refractivity contribution in [2.75, 3.05) is 35.7 Å². The molecule has 4 aromatic carbocycles. The number of anilines is 3. The molecule has 0 radical (unpaired) electrons. The first-order chi connectivity index (χ1) is 19.3. The van der Waals surface area contributed by atoms with Gasteiger partial charge in [0.1, 0.15) is 24.7 Å². The highest BCUT2D eigenvalue weighted by atomic mass is 19.4. The number of hydrogen-bond donors (Lipinski definition) is 3. The van der Waals surface area contributed by atoms with Crippen molar-refractivity contribution in [1.82, 2.24) is 0 Å². The van der Waals surface area contributed by atoms with Gasteiger partial charge in [-0.1, -0.05) is 42.5 Å². The zero-order valence-corrected chi connectivity index (χ0v) is 21.2. The number of para-hydroxylation sites is 3. The lowest BCUT2D eigenvalue weighted by molar-refractivity contribution is -0.137. The third-order valence-electron chi connectivity index (χ3n) is 5.54. The minimum atomic E-state index is -4.52. The summed E-state index contributed by atoms with van der Waals surface area (Å²) >= 11 is 0. The molecule has 0 heterocycles. The van der Waals surface area contributed by atoms with Gasteiger partial charge in [-0.15, -0.1) is 0 Å². The lowest BCUT2D eigenvalue weighted by Crippen LogP contribution is -2.22. The molecule has 0 saturated carbocycles. The molecule has 7 nitrogen and oxygen atoms in total. The second kappa shape index (κ2) is 13.2. The zero-order chi connectivity index (χ0) is 28.4. The Morgan fingerprint density at radius 3 is 2.20 bits per heavy atom. The van der Waals surface area contributed by atoms with Crippen LogP contribution in [0.5, 0.6) is 11.5 Å². The predicted molar refractivity (Wildman–Crippen MR) is 147 cm³/mol. The number of rotatable bonds is 11. The van der Waals surface area contributed by atoms with Crippen molar-refractivity contribution in [2.24, 2.45) is 0 Å². The summed E-state index contributed by atoms with van der Waals surface area (Å²) in [4.78, 5) is 25.2. The van der Waals surface area contributed by atoms with Crippen molar-refractivity contribution in [1.29, 1.82) is 0 Å². The Kier molecular flexibility index (Phi) is 9.24. The van der Waals surface area contributed by atoms with Crippen LogP contribution < -0.4 is 25.4 Å². The number of alkyl halides is 3. The van der Waals surface area contributed by atoms with E-state index in [4.69, 9.17) is 9.47 Å². The highest BCUT2D eigenvalue weighted by Crippen LogP contribution is 2.31. The van der Waals surface area contributed by atoms with E-state index in [1.165, 1.54) is 24.3 Å². The van der Waals surface area contributed by atoms with E-state index >= 15 is 0 Å². The minimum absolute atomic E-state index is 0.0186. The molecule has 40 heavy (non-hydrogen) atoms. The van der Waals surface area contributed by atoms with Gasteiger partial charge < -0.3 is 25.4 Å². The molecule has 206 valence electrons. The molecule has 0 spiro atoms. The van der Waals surface area contributed by atoms with Crippen LogP contribution in [0.3, 0.4) is 0 Å². The van der Waals surface area contributed by atoms with Gasteiger partial charge in [0.15, 0.2) is 0 Å². The Morgan fingerprint density at radius 1 is 0.700 bits per heavy atom. The molecule has 0 unspecified atom stereocenters. The number of ether oxygens (including phenoxy) is 2. The van der Waals surface area contributed by atoms with Gasteiger partial charge in [-0.25, -0.2) is 0 Å². The van der Waals surface area contributed by atoms with Crippen molar-refractivity contribution in [3.8, 4) is 11.5 Å². The monoisotopic (exact) mass is 549 g/mol. The maximum atomic E-state index is 13.0. The summed E-state index contributed by atoms with van der Waals surface area (Å²) < 4.78 is 50.3.